The van der Waals surface area contributed by atoms with Gasteiger partial charge in [-0.25, -0.2) is 4.98 Å². The van der Waals surface area contributed by atoms with Crippen molar-refractivity contribution in [1.29, 1.82) is 0 Å². The van der Waals surface area contributed by atoms with E-state index in [4.69, 9.17) is 4.52 Å². The Morgan fingerprint density at radius 3 is 1.70 bits per heavy atom. The van der Waals surface area contributed by atoms with Crippen molar-refractivity contribution in [3.05, 3.63) is 85.1 Å². The molecule has 0 atom stereocenters. The highest BCUT2D eigenvalue weighted by atomic mass is 31.1. The third-order valence-corrected chi connectivity index (χ3v) is 4.71. The Bertz CT molecular complexity index is 604. The van der Waals surface area contributed by atoms with E-state index in [1.165, 1.54) is 10.6 Å². The molecule has 3 heteroatoms. The molecule has 0 amide bonds. The van der Waals surface area contributed by atoms with Gasteiger partial charge in [-0.2, -0.15) is 0 Å². The maximum Gasteiger partial charge on any atom is 0.216 e. The van der Waals surface area contributed by atoms with Crippen molar-refractivity contribution < 1.29 is 4.52 Å². The quantitative estimate of drug-likeness (QED) is 0.682. The van der Waals surface area contributed by atoms with Gasteiger partial charge in [-0.1, -0.05) is 66.7 Å². The molecule has 1 heterocycles. The minimum Gasteiger partial charge on any atom is -0.447 e. The van der Waals surface area contributed by atoms with E-state index in [1.807, 2.05) is 54.6 Å². The standard InChI is InChI=1S/C17H14NOP/c1-3-9-15(10-4-1)20(16-11-5-2-6-12-16)19-17-13-7-8-14-18-17/h1-14H. The zero-order valence-electron chi connectivity index (χ0n) is 10.9. The van der Waals surface area contributed by atoms with E-state index in [-0.39, 0.29) is 0 Å². The van der Waals surface area contributed by atoms with Crippen LogP contribution in [-0.2, 0) is 0 Å². The lowest BCUT2D eigenvalue weighted by molar-refractivity contribution is 0.601. The van der Waals surface area contributed by atoms with Gasteiger partial charge in [0.2, 0.25) is 5.88 Å². The lowest BCUT2D eigenvalue weighted by Crippen LogP contribution is -2.15. The molecule has 3 rings (SSSR count). The van der Waals surface area contributed by atoms with Crippen LogP contribution in [0, 0.1) is 0 Å². The molecular weight excluding hydrogens is 265 g/mol. The third-order valence-electron chi connectivity index (χ3n) is 2.80. The van der Waals surface area contributed by atoms with Gasteiger partial charge < -0.3 is 4.52 Å². The Hall–Kier alpha value is -2.18. The summed E-state index contributed by atoms with van der Waals surface area (Å²) in [5, 5.41) is 2.36. The normalized spacial score (nSPS) is 10.4. The predicted molar refractivity (Wildman–Crippen MR) is 83.9 cm³/mol. The molecule has 0 radical (unpaired) electrons. The predicted octanol–water partition coefficient (Wildman–Crippen LogP) is 3.51. The van der Waals surface area contributed by atoms with Gasteiger partial charge in [0.15, 0.2) is 8.15 Å². The first-order valence-electron chi connectivity index (χ1n) is 6.43. The lowest BCUT2D eigenvalue weighted by atomic mass is 10.4. The molecule has 0 aliphatic heterocycles. The summed E-state index contributed by atoms with van der Waals surface area (Å²) < 4.78 is 6.14. The fourth-order valence-electron chi connectivity index (χ4n) is 1.88. The van der Waals surface area contributed by atoms with Crippen molar-refractivity contribution in [3.8, 4) is 5.88 Å². The highest BCUT2D eigenvalue weighted by molar-refractivity contribution is 7.68. The van der Waals surface area contributed by atoms with Crippen molar-refractivity contribution in [2.24, 2.45) is 0 Å². The van der Waals surface area contributed by atoms with Crippen molar-refractivity contribution in [1.82, 2.24) is 4.98 Å². The molecule has 98 valence electrons. The van der Waals surface area contributed by atoms with E-state index in [9.17, 15) is 0 Å². The first-order chi connectivity index (χ1) is 9.93. The van der Waals surface area contributed by atoms with Crippen LogP contribution in [0.1, 0.15) is 0 Å². The summed E-state index contributed by atoms with van der Waals surface area (Å²) in [6.45, 7) is 0. The average Bonchev–Trinajstić information content (AvgIpc) is 2.55. The fourth-order valence-corrected chi connectivity index (χ4v) is 3.57. The van der Waals surface area contributed by atoms with Crippen LogP contribution in [0.4, 0.5) is 0 Å². The molecule has 0 aliphatic carbocycles. The molecule has 0 bridgehead atoms. The van der Waals surface area contributed by atoms with Gasteiger partial charge in [0.25, 0.3) is 0 Å². The molecule has 2 aromatic carbocycles. The Kier molecular flexibility index (Phi) is 4.05. The van der Waals surface area contributed by atoms with Gasteiger partial charge in [-0.3, -0.25) is 0 Å². The molecule has 0 fully saturated rings. The molecule has 3 aromatic rings. The molecule has 0 unspecified atom stereocenters. The Morgan fingerprint density at radius 1 is 0.650 bits per heavy atom. The van der Waals surface area contributed by atoms with E-state index >= 15 is 0 Å². The van der Waals surface area contributed by atoms with Crippen molar-refractivity contribution in [3.63, 3.8) is 0 Å². The molecule has 0 spiro atoms. The van der Waals surface area contributed by atoms with E-state index in [2.05, 4.69) is 29.2 Å². The van der Waals surface area contributed by atoms with Gasteiger partial charge in [0, 0.05) is 22.9 Å². The van der Waals surface area contributed by atoms with Crippen LogP contribution in [0.3, 0.4) is 0 Å². The Balaban J connectivity index is 1.96. The Morgan fingerprint density at radius 2 is 1.20 bits per heavy atom. The number of nitrogens with zero attached hydrogens (tertiary/aromatic N) is 1. The first kappa shape index (κ1) is 12.8. The summed E-state index contributed by atoms with van der Waals surface area (Å²) >= 11 is 0. The van der Waals surface area contributed by atoms with Gasteiger partial charge >= 0.3 is 0 Å². The number of benzene rings is 2. The highest BCUT2D eigenvalue weighted by Crippen LogP contribution is 2.35. The largest absolute Gasteiger partial charge is 0.447 e. The summed E-state index contributed by atoms with van der Waals surface area (Å²) in [5.41, 5.74) is 0. The number of aromatic nitrogens is 1. The zero-order chi connectivity index (χ0) is 13.6. The number of hydrogen-bond donors (Lipinski definition) is 0. The van der Waals surface area contributed by atoms with Crippen molar-refractivity contribution in [2.75, 3.05) is 0 Å². The first-order valence-corrected chi connectivity index (χ1v) is 7.69. The second-order valence-electron chi connectivity index (χ2n) is 4.22. The molecular formula is C17H14NOP. The minimum absolute atomic E-state index is 0.659. The summed E-state index contributed by atoms with van der Waals surface area (Å²) in [6, 6.07) is 26.3. The molecule has 0 saturated heterocycles. The van der Waals surface area contributed by atoms with Crippen molar-refractivity contribution in [2.45, 2.75) is 0 Å². The molecule has 0 aliphatic rings. The third kappa shape index (κ3) is 3.04. The topological polar surface area (TPSA) is 22.1 Å². The zero-order valence-corrected chi connectivity index (χ0v) is 11.8. The maximum absolute atomic E-state index is 6.14. The molecule has 20 heavy (non-hydrogen) atoms. The number of hydrogen-bond acceptors (Lipinski definition) is 2. The SMILES string of the molecule is c1ccc(P(Oc2ccccn2)c2ccccc2)cc1. The smallest absolute Gasteiger partial charge is 0.216 e. The van der Waals surface area contributed by atoms with E-state index in [1.54, 1.807) is 6.20 Å². The molecule has 0 N–H and O–H groups in total. The number of rotatable bonds is 4. The van der Waals surface area contributed by atoms with Crippen LogP contribution in [0.5, 0.6) is 5.88 Å². The monoisotopic (exact) mass is 279 g/mol. The summed E-state index contributed by atoms with van der Waals surface area (Å²) in [7, 11) is -0.890. The van der Waals surface area contributed by atoms with Crippen LogP contribution >= 0.6 is 8.15 Å². The summed E-state index contributed by atoms with van der Waals surface area (Å²) in [4.78, 5) is 4.26. The van der Waals surface area contributed by atoms with Crippen LogP contribution in [0.15, 0.2) is 85.1 Å². The minimum atomic E-state index is -0.890. The second-order valence-corrected chi connectivity index (χ2v) is 6.03. The summed E-state index contributed by atoms with van der Waals surface area (Å²) in [6.07, 6.45) is 1.75. The Labute approximate surface area is 119 Å². The number of pyridine rings is 1. The molecule has 1 aromatic heterocycles. The van der Waals surface area contributed by atoms with E-state index in [0.717, 1.165) is 0 Å². The second kappa shape index (κ2) is 6.31. The molecule has 2 nitrogen and oxygen atoms in total. The van der Waals surface area contributed by atoms with Gasteiger partial charge in [0.05, 0.1) is 0 Å². The summed E-state index contributed by atoms with van der Waals surface area (Å²) in [5.74, 6) is 0.659. The molecule has 0 saturated carbocycles. The van der Waals surface area contributed by atoms with Gasteiger partial charge in [0.1, 0.15) is 0 Å². The highest BCUT2D eigenvalue weighted by Gasteiger charge is 2.16. The van der Waals surface area contributed by atoms with Gasteiger partial charge in [-0.05, 0) is 6.07 Å². The lowest BCUT2D eigenvalue weighted by Gasteiger charge is -2.18. The van der Waals surface area contributed by atoms with E-state index in [0.29, 0.717) is 5.88 Å². The average molecular weight is 279 g/mol. The maximum atomic E-state index is 6.14. The fraction of sp³-hybridized carbons (Fsp3) is 0. The van der Waals surface area contributed by atoms with Crippen LogP contribution in [0.2, 0.25) is 0 Å². The van der Waals surface area contributed by atoms with Crippen LogP contribution in [0.25, 0.3) is 0 Å². The van der Waals surface area contributed by atoms with Crippen LogP contribution < -0.4 is 15.1 Å². The van der Waals surface area contributed by atoms with E-state index < -0.39 is 8.15 Å². The van der Waals surface area contributed by atoms with Crippen LogP contribution in [-0.4, -0.2) is 4.98 Å². The van der Waals surface area contributed by atoms with Gasteiger partial charge in [-0.15, -0.1) is 0 Å². The van der Waals surface area contributed by atoms with Crippen molar-refractivity contribution >= 4 is 18.8 Å².